The summed E-state index contributed by atoms with van der Waals surface area (Å²) in [5.74, 6) is 4.38. The number of epoxide rings is 1. The fraction of sp³-hybridized carbons (Fsp3) is 0.794. The summed E-state index contributed by atoms with van der Waals surface area (Å²) in [5, 5.41) is 11.0. The Hall–Kier alpha value is -1.95. The molecule has 40 heavy (non-hydrogen) atoms. The highest BCUT2D eigenvalue weighted by molar-refractivity contribution is 5.89. The van der Waals surface area contributed by atoms with E-state index in [0.717, 1.165) is 48.9 Å². The number of nitrogens with zero attached hydrogens (tertiary/aromatic N) is 1. The number of non-ortho nitro benzene ring substituents is 1. The van der Waals surface area contributed by atoms with Gasteiger partial charge in [0.25, 0.3) is 5.69 Å². The van der Waals surface area contributed by atoms with Crippen LogP contribution >= 0.6 is 0 Å². The van der Waals surface area contributed by atoms with Gasteiger partial charge in [-0.25, -0.2) is 4.79 Å². The molecular formula is C34H49NO5. The number of ether oxygens (including phenoxy) is 2. The van der Waals surface area contributed by atoms with Crippen LogP contribution in [0.4, 0.5) is 5.69 Å². The first-order valence-corrected chi connectivity index (χ1v) is 16.1. The molecule has 1 spiro atoms. The summed E-state index contributed by atoms with van der Waals surface area (Å²) < 4.78 is 12.7. The van der Waals surface area contributed by atoms with Crippen molar-refractivity contribution >= 4 is 11.7 Å². The highest BCUT2D eigenvalue weighted by Gasteiger charge is 2.76. The number of rotatable bonds is 8. The molecule has 5 aliphatic rings. The number of nitro groups is 1. The molecule has 6 nitrogen and oxygen atoms in total. The normalized spacial score (nSPS) is 42.2. The highest BCUT2D eigenvalue weighted by Crippen LogP contribution is 2.74. The third kappa shape index (κ3) is 4.42. The van der Waals surface area contributed by atoms with Crippen molar-refractivity contribution < 1.29 is 19.2 Å². The first-order chi connectivity index (χ1) is 19.0. The standard InChI is InChI=1S/C34H49NO5/c1-21(2)7-6-8-22(3)27-13-14-28-26-19-30-34(40-30)20-25(15-18-33(34,5)29(26)16-17-32(27,28)4)39-31(36)23-9-11-24(12-10-23)35(37)38/h9-12,21-22,25-30H,6-8,13-20H2,1-5H3. The van der Waals surface area contributed by atoms with E-state index in [-0.39, 0.29) is 22.8 Å². The second-order valence-electron chi connectivity index (χ2n) is 15.1. The first-order valence-electron chi connectivity index (χ1n) is 16.1. The van der Waals surface area contributed by atoms with Gasteiger partial charge in [0.2, 0.25) is 0 Å². The summed E-state index contributed by atoms with van der Waals surface area (Å²) in [7, 11) is 0. The summed E-state index contributed by atoms with van der Waals surface area (Å²) >= 11 is 0. The van der Waals surface area contributed by atoms with Gasteiger partial charge < -0.3 is 9.47 Å². The number of nitro benzene ring substituents is 1. The van der Waals surface area contributed by atoms with E-state index >= 15 is 0 Å². The molecule has 1 aromatic carbocycles. The Balaban J connectivity index is 1.12. The van der Waals surface area contributed by atoms with Crippen LogP contribution in [0.15, 0.2) is 24.3 Å². The molecule has 0 amide bonds. The molecule has 0 radical (unpaired) electrons. The second kappa shape index (κ2) is 10.1. The molecule has 10 unspecified atom stereocenters. The van der Waals surface area contributed by atoms with Crippen molar-refractivity contribution in [2.75, 3.05) is 0 Å². The zero-order chi connectivity index (χ0) is 28.4. The fourth-order valence-electron chi connectivity index (χ4n) is 10.7. The molecule has 4 saturated carbocycles. The van der Waals surface area contributed by atoms with Crippen molar-refractivity contribution in [2.45, 2.75) is 123 Å². The van der Waals surface area contributed by atoms with Gasteiger partial charge in [-0.2, -0.15) is 0 Å². The third-order valence-electron chi connectivity index (χ3n) is 12.8. The second-order valence-corrected chi connectivity index (χ2v) is 15.1. The lowest BCUT2D eigenvalue weighted by Crippen LogP contribution is -2.59. The fourth-order valence-corrected chi connectivity index (χ4v) is 10.7. The number of benzene rings is 1. The van der Waals surface area contributed by atoms with E-state index in [2.05, 4.69) is 34.6 Å². The van der Waals surface area contributed by atoms with Gasteiger partial charge in [0.1, 0.15) is 11.7 Å². The quantitative estimate of drug-likeness (QED) is 0.140. The molecule has 1 saturated heterocycles. The SMILES string of the molecule is CC(C)CCCC(C)C1CCC2C3CC4OC45CC(OC(=O)c4ccc([N+](=O)[O-])cc4)CCC5(C)C3CCC12C. The lowest BCUT2D eigenvalue weighted by Gasteiger charge is -2.59. The smallest absolute Gasteiger partial charge is 0.338 e. The number of hydrogen-bond donors (Lipinski definition) is 0. The molecule has 10 atom stereocenters. The van der Waals surface area contributed by atoms with Gasteiger partial charge in [-0.1, -0.05) is 53.9 Å². The molecule has 220 valence electrons. The Morgan fingerprint density at radius 3 is 2.50 bits per heavy atom. The van der Waals surface area contributed by atoms with Crippen LogP contribution in [-0.4, -0.2) is 28.7 Å². The van der Waals surface area contributed by atoms with E-state index in [0.29, 0.717) is 23.0 Å². The average Bonchev–Trinajstić information content (AvgIpc) is 3.49. The van der Waals surface area contributed by atoms with Gasteiger partial charge in [0.15, 0.2) is 0 Å². The van der Waals surface area contributed by atoms with Crippen molar-refractivity contribution in [3.63, 3.8) is 0 Å². The zero-order valence-corrected chi connectivity index (χ0v) is 25.2. The first kappa shape index (κ1) is 28.2. The summed E-state index contributed by atoms with van der Waals surface area (Å²) in [4.78, 5) is 23.4. The third-order valence-corrected chi connectivity index (χ3v) is 12.8. The predicted molar refractivity (Wildman–Crippen MR) is 155 cm³/mol. The molecule has 4 aliphatic carbocycles. The van der Waals surface area contributed by atoms with Gasteiger partial charge >= 0.3 is 5.97 Å². The largest absolute Gasteiger partial charge is 0.459 e. The Bertz CT molecular complexity index is 1130. The number of carbonyl (C=O) groups is 1. The van der Waals surface area contributed by atoms with E-state index in [1.807, 2.05) is 0 Å². The Labute approximate surface area is 240 Å². The van der Waals surface area contributed by atoms with Crippen LogP contribution in [0.25, 0.3) is 0 Å². The average molecular weight is 552 g/mol. The van der Waals surface area contributed by atoms with Crippen molar-refractivity contribution in [3.8, 4) is 0 Å². The lowest BCUT2D eigenvalue weighted by atomic mass is 9.44. The molecule has 1 aliphatic heterocycles. The highest BCUT2D eigenvalue weighted by atomic mass is 16.6. The van der Waals surface area contributed by atoms with Crippen LogP contribution in [0.1, 0.15) is 116 Å². The Kier molecular flexibility index (Phi) is 7.12. The molecule has 6 rings (SSSR count). The van der Waals surface area contributed by atoms with Crippen LogP contribution < -0.4 is 0 Å². The molecule has 1 heterocycles. The van der Waals surface area contributed by atoms with Crippen molar-refractivity contribution in [2.24, 2.45) is 46.3 Å². The van der Waals surface area contributed by atoms with E-state index in [1.54, 1.807) is 0 Å². The number of esters is 1. The maximum atomic E-state index is 12.9. The Morgan fingerprint density at radius 2 is 1.80 bits per heavy atom. The van der Waals surface area contributed by atoms with E-state index in [4.69, 9.17) is 9.47 Å². The monoisotopic (exact) mass is 551 g/mol. The van der Waals surface area contributed by atoms with Gasteiger partial charge in [0.05, 0.1) is 16.6 Å². The minimum atomic E-state index is -0.453. The van der Waals surface area contributed by atoms with Crippen molar-refractivity contribution in [1.29, 1.82) is 0 Å². The van der Waals surface area contributed by atoms with Gasteiger partial charge in [-0.15, -0.1) is 0 Å². The summed E-state index contributed by atoms with van der Waals surface area (Å²) in [5.41, 5.74) is 0.824. The van der Waals surface area contributed by atoms with E-state index < -0.39 is 10.9 Å². The van der Waals surface area contributed by atoms with Gasteiger partial charge in [0, 0.05) is 24.0 Å². The predicted octanol–water partition coefficient (Wildman–Crippen LogP) is 8.37. The van der Waals surface area contributed by atoms with Crippen LogP contribution in [0.3, 0.4) is 0 Å². The molecule has 0 N–H and O–H groups in total. The summed E-state index contributed by atoms with van der Waals surface area (Å²) in [6.45, 7) is 12.4. The number of carbonyl (C=O) groups excluding carboxylic acids is 1. The zero-order valence-electron chi connectivity index (χ0n) is 25.2. The Morgan fingerprint density at radius 1 is 1.05 bits per heavy atom. The molecule has 0 aromatic heterocycles. The van der Waals surface area contributed by atoms with E-state index in [1.165, 1.54) is 75.6 Å². The minimum absolute atomic E-state index is 0.0207. The van der Waals surface area contributed by atoms with Crippen LogP contribution in [0, 0.1) is 56.5 Å². The number of fused-ring (bicyclic) bond motifs is 4. The maximum absolute atomic E-state index is 12.9. The van der Waals surface area contributed by atoms with Crippen LogP contribution in [0.5, 0.6) is 0 Å². The molecule has 0 bridgehead atoms. The van der Waals surface area contributed by atoms with Crippen LogP contribution in [0.2, 0.25) is 0 Å². The van der Waals surface area contributed by atoms with Crippen LogP contribution in [-0.2, 0) is 9.47 Å². The topological polar surface area (TPSA) is 82.0 Å². The van der Waals surface area contributed by atoms with Gasteiger partial charge in [-0.05, 0) is 98.0 Å². The minimum Gasteiger partial charge on any atom is -0.459 e. The van der Waals surface area contributed by atoms with Crippen molar-refractivity contribution in [1.82, 2.24) is 0 Å². The summed E-state index contributed by atoms with van der Waals surface area (Å²) in [6, 6.07) is 5.72. The molecule has 1 aromatic rings. The summed E-state index contributed by atoms with van der Waals surface area (Å²) in [6.07, 6.45) is 13.6. The molecule has 5 fully saturated rings. The van der Waals surface area contributed by atoms with E-state index in [9.17, 15) is 14.9 Å². The van der Waals surface area contributed by atoms with Crippen molar-refractivity contribution in [3.05, 3.63) is 39.9 Å². The lowest BCUT2D eigenvalue weighted by molar-refractivity contribution is -0.384. The molecule has 6 heteroatoms. The van der Waals surface area contributed by atoms with Gasteiger partial charge in [-0.3, -0.25) is 10.1 Å². The molecular weight excluding hydrogens is 502 g/mol. The number of hydrogen-bond acceptors (Lipinski definition) is 5. The maximum Gasteiger partial charge on any atom is 0.338 e.